The minimum atomic E-state index is -4.01. The van der Waals surface area contributed by atoms with Crippen LogP contribution >= 0.6 is 11.3 Å². The molecule has 2 N–H and O–H groups in total. The van der Waals surface area contributed by atoms with Gasteiger partial charge in [0.15, 0.2) is 15.1 Å². The number of carbonyl (C=O) groups excluding carboxylic acids is 3. The van der Waals surface area contributed by atoms with Gasteiger partial charge in [-0.2, -0.15) is 0 Å². The van der Waals surface area contributed by atoms with Crippen LogP contribution in [0, 0.1) is 17.5 Å². The predicted molar refractivity (Wildman–Crippen MR) is 168 cm³/mol. The van der Waals surface area contributed by atoms with Crippen molar-refractivity contribution >= 4 is 54.8 Å². The van der Waals surface area contributed by atoms with Crippen molar-refractivity contribution in [1.82, 2.24) is 15.6 Å². The summed E-state index contributed by atoms with van der Waals surface area (Å²) in [6.45, 7) is -0.0160. The molecule has 46 heavy (non-hydrogen) atoms. The average Bonchev–Trinajstić information content (AvgIpc) is 3.73. The maximum atomic E-state index is 15.5. The number of sulfone groups is 1. The molecule has 2 heterocycles. The molecule has 1 aromatic heterocycles. The molecule has 2 aliphatic rings. The molecule has 4 aromatic rings. The summed E-state index contributed by atoms with van der Waals surface area (Å²) in [6, 6.07) is 11.3. The summed E-state index contributed by atoms with van der Waals surface area (Å²) in [7, 11) is -4.01. The number of fused-ring (bicyclic) bond motifs is 2. The van der Waals surface area contributed by atoms with Crippen LogP contribution in [0.25, 0.3) is 21.3 Å². The van der Waals surface area contributed by atoms with E-state index < -0.39 is 56.7 Å². The molecular formula is C32H29F3N4O5S2. The number of thiazole rings is 1. The van der Waals surface area contributed by atoms with Crippen LogP contribution in [0.1, 0.15) is 40.6 Å². The SMILES string of the molecule is CS(=O)(=O)C(C(=O)NCC(=O)NC1CC1)c1nc2cc(F)c(-c3ccc4c(c3)CCCN4C(=O)Cc3c(F)cccc3F)cc2s1. The van der Waals surface area contributed by atoms with E-state index in [2.05, 4.69) is 15.6 Å². The largest absolute Gasteiger partial charge is 0.352 e. The molecule has 14 heteroatoms. The Morgan fingerprint density at radius 3 is 2.48 bits per heavy atom. The number of rotatable bonds is 9. The molecule has 0 saturated heterocycles. The van der Waals surface area contributed by atoms with Gasteiger partial charge in [-0.1, -0.05) is 12.1 Å². The van der Waals surface area contributed by atoms with E-state index in [1.54, 1.807) is 18.2 Å². The maximum absolute atomic E-state index is 15.5. The first-order chi connectivity index (χ1) is 21.9. The highest BCUT2D eigenvalue weighted by Gasteiger charge is 2.35. The van der Waals surface area contributed by atoms with Crippen molar-refractivity contribution in [3.63, 3.8) is 0 Å². The molecule has 6 rings (SSSR count). The Hall–Kier alpha value is -4.30. The number of amides is 3. The Labute approximate surface area is 266 Å². The Morgan fingerprint density at radius 2 is 1.78 bits per heavy atom. The van der Waals surface area contributed by atoms with Crippen molar-refractivity contribution in [2.24, 2.45) is 0 Å². The summed E-state index contributed by atoms with van der Waals surface area (Å²) >= 11 is 0.937. The quantitative estimate of drug-likeness (QED) is 0.272. The summed E-state index contributed by atoms with van der Waals surface area (Å²) in [5, 5.41) is 3.34. The zero-order chi connectivity index (χ0) is 32.7. The van der Waals surface area contributed by atoms with Crippen LogP contribution in [-0.2, 0) is 37.1 Å². The molecule has 1 fully saturated rings. The van der Waals surface area contributed by atoms with Crippen LogP contribution in [-0.4, -0.2) is 56.5 Å². The van der Waals surface area contributed by atoms with E-state index in [1.165, 1.54) is 23.1 Å². The lowest BCUT2D eigenvalue weighted by Crippen LogP contribution is -2.41. The molecule has 1 aliphatic heterocycles. The highest BCUT2D eigenvalue weighted by molar-refractivity contribution is 7.91. The number of aromatic nitrogens is 1. The number of anilines is 1. The van der Waals surface area contributed by atoms with Crippen molar-refractivity contribution < 1.29 is 36.0 Å². The number of nitrogens with one attached hydrogen (secondary N) is 2. The van der Waals surface area contributed by atoms with Crippen LogP contribution in [0.15, 0.2) is 48.5 Å². The Morgan fingerprint density at radius 1 is 1.04 bits per heavy atom. The van der Waals surface area contributed by atoms with E-state index >= 15 is 4.39 Å². The summed E-state index contributed by atoms with van der Waals surface area (Å²) < 4.78 is 69.6. The molecular weight excluding hydrogens is 642 g/mol. The third-order valence-electron chi connectivity index (χ3n) is 7.95. The van der Waals surface area contributed by atoms with Crippen molar-refractivity contribution in [2.45, 2.75) is 43.4 Å². The van der Waals surface area contributed by atoms with E-state index in [0.29, 0.717) is 35.3 Å². The zero-order valence-electron chi connectivity index (χ0n) is 24.6. The van der Waals surface area contributed by atoms with Gasteiger partial charge in [-0.3, -0.25) is 14.4 Å². The van der Waals surface area contributed by atoms with Gasteiger partial charge in [0.1, 0.15) is 22.5 Å². The van der Waals surface area contributed by atoms with E-state index in [9.17, 15) is 31.6 Å². The summed E-state index contributed by atoms with van der Waals surface area (Å²) in [6.07, 6.45) is 3.36. The predicted octanol–water partition coefficient (Wildman–Crippen LogP) is 4.38. The fraction of sp³-hybridized carbons (Fsp3) is 0.312. The number of carbonyl (C=O) groups is 3. The standard InChI is InChI=1S/C32H29F3N4O5S2/c1-46(43,44)30(31(42)36-16-28(40)37-19-8-9-19)32-38-25-15-24(35)20(13-27(25)45-32)17-7-10-26-18(12-17)4-3-11-39(26)29(41)14-21-22(33)5-2-6-23(21)34/h2,5-7,10,12-13,15,19,30H,3-4,8-9,11,14,16H2,1H3,(H,36,42)(H,37,40). The van der Waals surface area contributed by atoms with Crippen LogP contribution in [0.4, 0.5) is 18.9 Å². The number of hydrogen-bond acceptors (Lipinski definition) is 7. The molecule has 3 aromatic carbocycles. The molecule has 1 saturated carbocycles. The second kappa shape index (κ2) is 12.5. The maximum Gasteiger partial charge on any atom is 0.245 e. The van der Waals surface area contributed by atoms with Gasteiger partial charge in [-0.25, -0.2) is 26.6 Å². The van der Waals surface area contributed by atoms with Crippen LogP contribution < -0.4 is 15.5 Å². The lowest BCUT2D eigenvalue weighted by atomic mass is 9.95. The third-order valence-corrected chi connectivity index (χ3v) is 10.5. The van der Waals surface area contributed by atoms with E-state index in [0.717, 1.165) is 48.1 Å². The molecule has 0 radical (unpaired) electrons. The zero-order valence-corrected chi connectivity index (χ0v) is 26.2. The second-order valence-electron chi connectivity index (χ2n) is 11.5. The normalized spacial score (nSPS) is 15.3. The van der Waals surface area contributed by atoms with Crippen molar-refractivity contribution in [1.29, 1.82) is 0 Å². The Kier molecular flexibility index (Phi) is 8.59. The number of benzene rings is 3. The highest BCUT2D eigenvalue weighted by Crippen LogP contribution is 2.37. The second-order valence-corrected chi connectivity index (χ2v) is 14.7. The van der Waals surface area contributed by atoms with E-state index in [4.69, 9.17) is 0 Å². The first-order valence-electron chi connectivity index (χ1n) is 14.6. The van der Waals surface area contributed by atoms with Crippen molar-refractivity contribution in [2.75, 3.05) is 24.2 Å². The number of nitrogens with zero attached hydrogens (tertiary/aromatic N) is 2. The molecule has 9 nitrogen and oxygen atoms in total. The van der Waals surface area contributed by atoms with E-state index in [1.807, 2.05) is 0 Å². The van der Waals surface area contributed by atoms with Gasteiger partial charge in [0.05, 0.1) is 23.2 Å². The van der Waals surface area contributed by atoms with Gasteiger partial charge in [0, 0.05) is 41.7 Å². The topological polar surface area (TPSA) is 126 Å². The monoisotopic (exact) mass is 670 g/mol. The van der Waals surface area contributed by atoms with Gasteiger partial charge in [0.25, 0.3) is 0 Å². The van der Waals surface area contributed by atoms with Gasteiger partial charge in [0.2, 0.25) is 17.7 Å². The third kappa shape index (κ3) is 6.63. The van der Waals surface area contributed by atoms with Gasteiger partial charge in [-0.05, 0) is 67.1 Å². The molecule has 0 bridgehead atoms. The molecule has 3 amide bonds. The van der Waals surface area contributed by atoms with E-state index in [-0.39, 0.29) is 34.2 Å². The molecule has 1 atom stereocenters. The highest BCUT2D eigenvalue weighted by atomic mass is 32.2. The van der Waals surface area contributed by atoms with Crippen LogP contribution in [0.2, 0.25) is 0 Å². The van der Waals surface area contributed by atoms with Gasteiger partial charge < -0.3 is 15.5 Å². The van der Waals surface area contributed by atoms with Gasteiger partial charge >= 0.3 is 0 Å². The minimum absolute atomic E-state index is 0.0555. The lowest BCUT2D eigenvalue weighted by Gasteiger charge is -2.30. The summed E-state index contributed by atoms with van der Waals surface area (Å²) in [4.78, 5) is 43.8. The number of halogens is 3. The average molecular weight is 671 g/mol. The number of aryl methyl sites for hydroxylation is 1. The van der Waals surface area contributed by atoms with Crippen molar-refractivity contribution in [3.8, 4) is 11.1 Å². The molecule has 0 spiro atoms. The van der Waals surface area contributed by atoms with Crippen LogP contribution in [0.5, 0.6) is 0 Å². The first kappa shape index (κ1) is 31.7. The smallest absolute Gasteiger partial charge is 0.245 e. The minimum Gasteiger partial charge on any atom is -0.352 e. The summed E-state index contributed by atoms with van der Waals surface area (Å²) in [5.74, 6) is -4.00. The molecule has 240 valence electrons. The fourth-order valence-corrected chi connectivity index (χ4v) is 8.06. The summed E-state index contributed by atoms with van der Waals surface area (Å²) in [5.41, 5.74) is 1.91. The fourth-order valence-electron chi connectivity index (χ4n) is 5.53. The number of hydrogen-bond donors (Lipinski definition) is 2. The Balaban J connectivity index is 1.25. The lowest BCUT2D eigenvalue weighted by molar-refractivity contribution is -0.126. The Bertz CT molecular complexity index is 1970. The van der Waals surface area contributed by atoms with Crippen molar-refractivity contribution in [3.05, 3.63) is 82.1 Å². The molecule has 1 aliphatic carbocycles. The first-order valence-corrected chi connectivity index (χ1v) is 17.4. The molecule has 1 unspecified atom stereocenters. The van der Waals surface area contributed by atoms with Crippen LogP contribution in [0.3, 0.4) is 0 Å². The van der Waals surface area contributed by atoms with Gasteiger partial charge in [-0.15, -0.1) is 11.3 Å².